The number of aryl methyl sites for hydroxylation is 1. The number of carbonyl (C=O) groups is 3. The maximum atomic E-state index is 14.3. The number of para-hydroxylation sites is 1. The van der Waals surface area contributed by atoms with Crippen molar-refractivity contribution in [2.24, 2.45) is 0 Å². The van der Waals surface area contributed by atoms with E-state index in [1.165, 1.54) is 11.0 Å². The van der Waals surface area contributed by atoms with Crippen molar-refractivity contribution in [3.63, 3.8) is 0 Å². The number of rotatable bonds is 11. The quantitative estimate of drug-likeness (QED) is 0.281. The van der Waals surface area contributed by atoms with E-state index >= 15 is 0 Å². The molecule has 0 bridgehead atoms. The molecule has 2 unspecified atom stereocenters. The fourth-order valence-electron chi connectivity index (χ4n) is 4.40. The first-order valence-corrected chi connectivity index (χ1v) is 13.5. The lowest BCUT2D eigenvalue weighted by molar-refractivity contribution is -0.142. The minimum Gasteiger partial charge on any atom is -0.507 e. The minimum atomic E-state index is -1.21. The minimum absolute atomic E-state index is 0.0169. The summed E-state index contributed by atoms with van der Waals surface area (Å²) in [5, 5.41) is 16.6. The molecule has 41 heavy (non-hydrogen) atoms. The molecule has 3 aromatic carbocycles. The van der Waals surface area contributed by atoms with Crippen LogP contribution in [0.1, 0.15) is 49.1 Å². The fourth-order valence-corrected chi connectivity index (χ4v) is 4.40. The van der Waals surface area contributed by atoms with Gasteiger partial charge in [-0.25, -0.2) is 4.79 Å². The largest absolute Gasteiger partial charge is 0.507 e. The van der Waals surface area contributed by atoms with E-state index in [-0.39, 0.29) is 30.8 Å². The van der Waals surface area contributed by atoms with E-state index in [4.69, 9.17) is 4.74 Å². The van der Waals surface area contributed by atoms with E-state index in [2.05, 4.69) is 17.2 Å². The Morgan fingerprint density at radius 3 is 2.15 bits per heavy atom. The van der Waals surface area contributed by atoms with E-state index in [9.17, 15) is 19.5 Å². The number of phenols is 1. The second kappa shape index (κ2) is 14.2. The van der Waals surface area contributed by atoms with Crippen molar-refractivity contribution in [3.8, 4) is 5.75 Å². The van der Waals surface area contributed by atoms with Crippen LogP contribution in [0.4, 0.5) is 4.79 Å². The van der Waals surface area contributed by atoms with Gasteiger partial charge in [-0.1, -0.05) is 84.9 Å². The molecule has 3 aromatic rings. The van der Waals surface area contributed by atoms with Crippen LogP contribution in [0.3, 0.4) is 0 Å². The zero-order chi connectivity index (χ0) is 30.0. The van der Waals surface area contributed by atoms with Gasteiger partial charge in [0.1, 0.15) is 23.4 Å². The molecule has 3 amide bonds. The van der Waals surface area contributed by atoms with E-state index in [0.717, 1.165) is 11.1 Å². The molecule has 0 spiro atoms. The van der Waals surface area contributed by atoms with Gasteiger partial charge in [-0.3, -0.25) is 9.59 Å². The number of ether oxygens (including phenoxy) is 1. The average Bonchev–Trinajstić information content (AvgIpc) is 2.93. The number of aromatic hydroxyl groups is 1. The Kier molecular flexibility index (Phi) is 10.7. The summed E-state index contributed by atoms with van der Waals surface area (Å²) in [5.41, 5.74) is 1.73. The first kappa shape index (κ1) is 30.9. The summed E-state index contributed by atoms with van der Waals surface area (Å²) in [4.78, 5) is 42.3. The zero-order valence-corrected chi connectivity index (χ0v) is 24.1. The topological polar surface area (TPSA) is 108 Å². The highest BCUT2D eigenvalue weighted by molar-refractivity contribution is 5.93. The Labute approximate surface area is 242 Å². The first-order valence-electron chi connectivity index (χ1n) is 13.5. The summed E-state index contributed by atoms with van der Waals surface area (Å²) in [6, 6.07) is 21.4. The third-order valence-electron chi connectivity index (χ3n) is 6.31. The lowest BCUT2D eigenvalue weighted by Gasteiger charge is -2.34. The summed E-state index contributed by atoms with van der Waals surface area (Å²) in [6.45, 7) is 10.9. The number of carbonyl (C=O) groups excluding carboxylic acids is 3. The molecule has 0 saturated carbocycles. The normalized spacial score (nSPS) is 12.5. The molecular weight excluding hydrogens is 518 g/mol. The van der Waals surface area contributed by atoms with E-state index in [1.807, 2.05) is 60.7 Å². The summed E-state index contributed by atoms with van der Waals surface area (Å²) < 4.78 is 5.45. The molecule has 216 valence electrons. The molecule has 3 N–H and O–H groups in total. The number of hydrogen-bond donors (Lipinski definition) is 3. The number of hydrogen-bond acceptors (Lipinski definition) is 5. The van der Waals surface area contributed by atoms with Gasteiger partial charge in [0, 0.05) is 25.1 Å². The fraction of sp³-hybridized carbons (Fsp3) is 0.303. The number of nitrogens with one attached hydrogen (secondary N) is 2. The van der Waals surface area contributed by atoms with E-state index in [1.54, 1.807) is 45.9 Å². The van der Waals surface area contributed by atoms with Gasteiger partial charge in [-0.15, -0.1) is 6.58 Å². The van der Waals surface area contributed by atoms with Crippen molar-refractivity contribution in [1.82, 2.24) is 15.5 Å². The lowest BCUT2D eigenvalue weighted by Crippen LogP contribution is -2.53. The van der Waals surface area contributed by atoms with Crippen LogP contribution in [0.15, 0.2) is 91.5 Å². The molecule has 0 aromatic heterocycles. The lowest BCUT2D eigenvalue weighted by atomic mass is 9.98. The summed E-state index contributed by atoms with van der Waals surface area (Å²) in [5.74, 6) is -1.10. The van der Waals surface area contributed by atoms with Gasteiger partial charge in [0.15, 0.2) is 0 Å². The van der Waals surface area contributed by atoms with Crippen LogP contribution in [0.2, 0.25) is 0 Å². The highest BCUT2D eigenvalue weighted by Gasteiger charge is 2.37. The standard InChI is InChI=1S/C33H39N3O5/c1-6-20-36(31(39)27(21-24-15-9-7-10-16-24)35-32(40)41-33(3,4)5)28(26-19-13-14-23(2)29(26)37)30(38)34-22-25-17-11-8-12-18-25/h6-19,27-28,37H,1,20-22H2,2-5H3,(H,34,38)(H,35,40). The maximum absolute atomic E-state index is 14.3. The second-order valence-electron chi connectivity index (χ2n) is 10.8. The number of benzene rings is 3. The van der Waals surface area contributed by atoms with Crippen molar-refractivity contribution in [2.45, 2.75) is 58.3 Å². The monoisotopic (exact) mass is 557 g/mol. The average molecular weight is 558 g/mol. The van der Waals surface area contributed by atoms with Gasteiger partial charge < -0.3 is 25.4 Å². The smallest absolute Gasteiger partial charge is 0.408 e. The molecular formula is C33H39N3O5. The van der Waals surface area contributed by atoms with Gasteiger partial charge in [0.25, 0.3) is 0 Å². The summed E-state index contributed by atoms with van der Waals surface area (Å²) >= 11 is 0. The van der Waals surface area contributed by atoms with Crippen molar-refractivity contribution in [1.29, 1.82) is 0 Å². The molecule has 0 radical (unpaired) electrons. The van der Waals surface area contributed by atoms with Crippen molar-refractivity contribution in [2.75, 3.05) is 6.54 Å². The SMILES string of the molecule is C=CCN(C(=O)C(Cc1ccccc1)NC(=O)OC(C)(C)C)C(C(=O)NCc1ccccc1)c1cccc(C)c1O. The molecule has 0 aliphatic rings. The van der Waals surface area contributed by atoms with Crippen LogP contribution < -0.4 is 10.6 Å². The third-order valence-corrected chi connectivity index (χ3v) is 6.31. The van der Waals surface area contributed by atoms with E-state index in [0.29, 0.717) is 5.56 Å². The zero-order valence-electron chi connectivity index (χ0n) is 24.1. The molecule has 3 rings (SSSR count). The Hall–Kier alpha value is -4.59. The Bertz CT molecular complexity index is 1340. The molecule has 8 nitrogen and oxygen atoms in total. The molecule has 0 heterocycles. The van der Waals surface area contributed by atoms with Crippen molar-refractivity contribution >= 4 is 17.9 Å². The summed E-state index contributed by atoms with van der Waals surface area (Å²) in [7, 11) is 0. The van der Waals surface area contributed by atoms with E-state index < -0.39 is 35.6 Å². The van der Waals surface area contributed by atoms with Gasteiger partial charge in [-0.2, -0.15) is 0 Å². The highest BCUT2D eigenvalue weighted by atomic mass is 16.6. The molecule has 0 fully saturated rings. The molecule has 2 atom stereocenters. The predicted molar refractivity (Wildman–Crippen MR) is 159 cm³/mol. The molecule has 8 heteroatoms. The Morgan fingerprint density at radius 1 is 0.951 bits per heavy atom. The number of alkyl carbamates (subject to hydrolysis) is 1. The molecule has 0 saturated heterocycles. The molecule has 0 aliphatic heterocycles. The Morgan fingerprint density at radius 2 is 1.56 bits per heavy atom. The third kappa shape index (κ3) is 8.96. The number of phenolic OH excluding ortho intramolecular Hbond substituents is 1. The molecule has 0 aliphatic carbocycles. The van der Waals surface area contributed by atoms with Crippen LogP contribution in [-0.4, -0.2) is 46.1 Å². The summed E-state index contributed by atoms with van der Waals surface area (Å²) in [6.07, 6.45) is 0.911. The predicted octanol–water partition coefficient (Wildman–Crippen LogP) is 5.21. The van der Waals surface area contributed by atoms with Gasteiger partial charge in [0.2, 0.25) is 11.8 Å². The number of amides is 3. The van der Waals surface area contributed by atoms with Crippen LogP contribution in [0.5, 0.6) is 5.75 Å². The van der Waals surface area contributed by atoms with Crippen LogP contribution in [-0.2, 0) is 27.3 Å². The van der Waals surface area contributed by atoms with Gasteiger partial charge in [0.05, 0.1) is 0 Å². The number of nitrogens with zero attached hydrogens (tertiary/aromatic N) is 1. The van der Waals surface area contributed by atoms with Crippen LogP contribution in [0.25, 0.3) is 0 Å². The van der Waals surface area contributed by atoms with Gasteiger partial charge >= 0.3 is 6.09 Å². The van der Waals surface area contributed by atoms with Crippen molar-refractivity contribution < 1.29 is 24.2 Å². The first-order chi connectivity index (χ1) is 19.5. The second-order valence-corrected chi connectivity index (χ2v) is 10.8. The van der Waals surface area contributed by atoms with Crippen LogP contribution >= 0.6 is 0 Å². The van der Waals surface area contributed by atoms with Crippen molar-refractivity contribution in [3.05, 3.63) is 114 Å². The van der Waals surface area contributed by atoms with Gasteiger partial charge in [-0.05, 0) is 44.4 Å². The van der Waals surface area contributed by atoms with Crippen LogP contribution in [0, 0.1) is 6.92 Å². The maximum Gasteiger partial charge on any atom is 0.408 e. The Balaban J connectivity index is 2.03. The highest BCUT2D eigenvalue weighted by Crippen LogP contribution is 2.32.